The van der Waals surface area contributed by atoms with Gasteiger partial charge in [0.15, 0.2) is 5.96 Å². The highest BCUT2D eigenvalue weighted by Gasteiger charge is 2.24. The van der Waals surface area contributed by atoms with Crippen LogP contribution in [0.4, 0.5) is 0 Å². The monoisotopic (exact) mass is 405 g/mol. The number of fused-ring (bicyclic) bond motifs is 1. The first-order chi connectivity index (χ1) is 13.6. The molecule has 2 aliphatic heterocycles. The molecule has 0 aromatic carbocycles. The van der Waals surface area contributed by atoms with Crippen molar-refractivity contribution in [2.45, 2.75) is 45.6 Å². The third-order valence-electron chi connectivity index (χ3n) is 5.39. The molecule has 1 saturated heterocycles. The normalized spacial score (nSPS) is 20.0. The number of primary amides is 1. The standard InChI is InChI=1S/C20H31N5O2S/c1-2-22-20(25-9-3-4-15(13-25)12-18(21)26)23-8-5-19(27)24-10-6-17-16(14-24)7-11-28-17/h7,11,15H,2-6,8-10,12-14H2,1H3,(H2,21,26)(H,22,23). The van der Waals surface area contributed by atoms with Gasteiger partial charge in [-0.05, 0) is 49.1 Å². The maximum Gasteiger partial charge on any atom is 0.224 e. The van der Waals surface area contributed by atoms with Gasteiger partial charge in [-0.3, -0.25) is 14.6 Å². The number of carbonyl (C=O) groups excluding carboxylic acids is 2. The Morgan fingerprint density at radius 1 is 1.36 bits per heavy atom. The number of nitrogens with two attached hydrogens (primary N) is 1. The van der Waals surface area contributed by atoms with Crippen LogP contribution in [0, 0.1) is 5.92 Å². The smallest absolute Gasteiger partial charge is 0.224 e. The van der Waals surface area contributed by atoms with Crippen LogP contribution in [0.5, 0.6) is 0 Å². The van der Waals surface area contributed by atoms with Crippen LogP contribution < -0.4 is 11.1 Å². The highest BCUT2D eigenvalue weighted by molar-refractivity contribution is 7.10. The second kappa shape index (κ2) is 9.91. The molecule has 2 amide bonds. The fourth-order valence-corrected chi connectivity index (χ4v) is 4.90. The SMILES string of the molecule is CCNC(=NCCC(=O)N1CCc2sccc2C1)N1CCCC(CC(N)=O)C1. The average Bonchev–Trinajstić information content (AvgIpc) is 3.14. The number of carbonyl (C=O) groups is 2. The van der Waals surface area contributed by atoms with Gasteiger partial charge in [0, 0.05) is 50.4 Å². The maximum atomic E-state index is 12.6. The fraction of sp³-hybridized carbons (Fsp3) is 0.650. The zero-order valence-electron chi connectivity index (χ0n) is 16.7. The van der Waals surface area contributed by atoms with E-state index in [9.17, 15) is 9.59 Å². The number of rotatable bonds is 6. The topological polar surface area (TPSA) is 91.0 Å². The van der Waals surface area contributed by atoms with E-state index in [2.05, 4.69) is 26.7 Å². The lowest BCUT2D eigenvalue weighted by Crippen LogP contribution is -2.47. The van der Waals surface area contributed by atoms with Gasteiger partial charge in [0.05, 0.1) is 6.54 Å². The van der Waals surface area contributed by atoms with Crippen LogP contribution in [0.3, 0.4) is 0 Å². The average molecular weight is 406 g/mol. The Bertz CT molecular complexity index is 717. The summed E-state index contributed by atoms with van der Waals surface area (Å²) in [4.78, 5) is 34.1. The number of likely N-dealkylation sites (tertiary alicyclic amines) is 1. The highest BCUT2D eigenvalue weighted by atomic mass is 32.1. The van der Waals surface area contributed by atoms with Crippen molar-refractivity contribution in [2.24, 2.45) is 16.6 Å². The molecule has 3 rings (SSSR count). The first-order valence-corrected chi connectivity index (χ1v) is 11.1. The lowest BCUT2D eigenvalue weighted by Gasteiger charge is -2.34. The zero-order chi connectivity index (χ0) is 19.9. The molecule has 1 fully saturated rings. The Hall–Kier alpha value is -2.09. The third-order valence-corrected chi connectivity index (χ3v) is 6.41. The second-order valence-corrected chi connectivity index (χ2v) is 8.55. The minimum atomic E-state index is -0.241. The number of nitrogens with one attached hydrogen (secondary N) is 1. The van der Waals surface area contributed by atoms with Gasteiger partial charge >= 0.3 is 0 Å². The number of hydrogen-bond acceptors (Lipinski definition) is 4. The third kappa shape index (κ3) is 5.47. The van der Waals surface area contributed by atoms with E-state index in [-0.39, 0.29) is 17.7 Å². The number of hydrogen-bond donors (Lipinski definition) is 2. The Morgan fingerprint density at radius 3 is 3.00 bits per heavy atom. The van der Waals surface area contributed by atoms with Crippen LogP contribution in [0.15, 0.2) is 16.4 Å². The molecule has 28 heavy (non-hydrogen) atoms. The molecule has 0 saturated carbocycles. The van der Waals surface area contributed by atoms with E-state index in [0.717, 1.165) is 57.9 Å². The van der Waals surface area contributed by atoms with Crippen molar-refractivity contribution in [1.29, 1.82) is 0 Å². The molecule has 1 unspecified atom stereocenters. The summed E-state index contributed by atoms with van der Waals surface area (Å²) in [6.07, 6.45) is 3.86. The first kappa shape index (κ1) is 20.6. The van der Waals surface area contributed by atoms with E-state index in [4.69, 9.17) is 5.73 Å². The van der Waals surface area contributed by atoms with E-state index in [0.29, 0.717) is 19.4 Å². The van der Waals surface area contributed by atoms with Crippen molar-refractivity contribution in [3.05, 3.63) is 21.9 Å². The number of aliphatic imine (C=N–C) groups is 1. The van der Waals surface area contributed by atoms with Crippen molar-refractivity contribution in [3.63, 3.8) is 0 Å². The molecule has 3 heterocycles. The summed E-state index contributed by atoms with van der Waals surface area (Å²) in [5.41, 5.74) is 6.65. The molecule has 0 bridgehead atoms. The molecular formula is C20H31N5O2S. The lowest BCUT2D eigenvalue weighted by molar-refractivity contribution is -0.131. The predicted octanol–water partition coefficient (Wildman–Crippen LogP) is 1.58. The number of thiophene rings is 1. The number of guanidine groups is 1. The quantitative estimate of drug-likeness (QED) is 0.555. The minimum Gasteiger partial charge on any atom is -0.370 e. The number of amides is 2. The van der Waals surface area contributed by atoms with Crippen LogP contribution in [0.1, 0.15) is 43.0 Å². The van der Waals surface area contributed by atoms with Gasteiger partial charge < -0.3 is 20.9 Å². The van der Waals surface area contributed by atoms with E-state index >= 15 is 0 Å². The van der Waals surface area contributed by atoms with Crippen LogP contribution in [-0.4, -0.2) is 60.3 Å². The Balaban J connectivity index is 1.52. The summed E-state index contributed by atoms with van der Waals surface area (Å²) in [5, 5.41) is 5.43. The van der Waals surface area contributed by atoms with Crippen molar-refractivity contribution in [3.8, 4) is 0 Å². The molecule has 0 radical (unpaired) electrons. The summed E-state index contributed by atoms with van der Waals surface area (Å²) in [6.45, 7) is 6.52. The summed E-state index contributed by atoms with van der Waals surface area (Å²) in [5.74, 6) is 1.05. The number of nitrogens with zero attached hydrogens (tertiary/aromatic N) is 3. The van der Waals surface area contributed by atoms with Gasteiger partial charge in [0.2, 0.25) is 11.8 Å². The number of piperidine rings is 1. The van der Waals surface area contributed by atoms with E-state index in [1.807, 2.05) is 11.8 Å². The lowest BCUT2D eigenvalue weighted by atomic mass is 9.95. The fourth-order valence-electron chi connectivity index (χ4n) is 4.01. The molecule has 3 N–H and O–H groups in total. The van der Waals surface area contributed by atoms with E-state index in [1.54, 1.807) is 11.3 Å². The summed E-state index contributed by atoms with van der Waals surface area (Å²) in [7, 11) is 0. The van der Waals surface area contributed by atoms with Crippen LogP contribution in [-0.2, 0) is 22.6 Å². The first-order valence-electron chi connectivity index (χ1n) is 10.2. The van der Waals surface area contributed by atoms with Gasteiger partial charge in [0.1, 0.15) is 0 Å². The molecule has 0 spiro atoms. The van der Waals surface area contributed by atoms with Crippen molar-refractivity contribution in [1.82, 2.24) is 15.1 Å². The zero-order valence-corrected chi connectivity index (χ0v) is 17.5. The van der Waals surface area contributed by atoms with E-state index < -0.39 is 0 Å². The van der Waals surface area contributed by atoms with Crippen molar-refractivity contribution >= 4 is 29.1 Å². The highest BCUT2D eigenvalue weighted by Crippen LogP contribution is 2.24. The summed E-state index contributed by atoms with van der Waals surface area (Å²) in [6, 6.07) is 2.12. The van der Waals surface area contributed by atoms with Crippen LogP contribution >= 0.6 is 11.3 Å². The molecule has 0 aliphatic carbocycles. The summed E-state index contributed by atoms with van der Waals surface area (Å²) >= 11 is 1.78. The van der Waals surface area contributed by atoms with Gasteiger partial charge in [-0.1, -0.05) is 0 Å². The molecule has 7 nitrogen and oxygen atoms in total. The van der Waals surface area contributed by atoms with Crippen LogP contribution in [0.2, 0.25) is 0 Å². The predicted molar refractivity (Wildman–Crippen MR) is 112 cm³/mol. The largest absolute Gasteiger partial charge is 0.370 e. The van der Waals surface area contributed by atoms with Gasteiger partial charge in [-0.2, -0.15) is 0 Å². The minimum absolute atomic E-state index is 0.168. The second-order valence-electron chi connectivity index (χ2n) is 7.54. The Kier molecular flexibility index (Phi) is 7.30. The molecule has 8 heteroatoms. The van der Waals surface area contributed by atoms with Crippen molar-refractivity contribution < 1.29 is 9.59 Å². The van der Waals surface area contributed by atoms with E-state index in [1.165, 1.54) is 10.4 Å². The Labute approximate surface area is 171 Å². The van der Waals surface area contributed by atoms with Crippen molar-refractivity contribution in [2.75, 3.05) is 32.7 Å². The Morgan fingerprint density at radius 2 is 2.21 bits per heavy atom. The molecular weight excluding hydrogens is 374 g/mol. The van der Waals surface area contributed by atoms with Gasteiger partial charge in [0.25, 0.3) is 0 Å². The molecule has 1 aromatic heterocycles. The molecule has 1 aromatic rings. The van der Waals surface area contributed by atoms with Gasteiger partial charge in [-0.25, -0.2) is 0 Å². The molecule has 154 valence electrons. The molecule has 2 aliphatic rings. The summed E-state index contributed by atoms with van der Waals surface area (Å²) < 4.78 is 0. The van der Waals surface area contributed by atoms with Crippen LogP contribution in [0.25, 0.3) is 0 Å². The maximum absolute atomic E-state index is 12.6. The molecule has 1 atom stereocenters. The van der Waals surface area contributed by atoms with Gasteiger partial charge in [-0.15, -0.1) is 11.3 Å².